The fourth-order valence-electron chi connectivity index (χ4n) is 1.78. The molecule has 0 saturated heterocycles. The van der Waals surface area contributed by atoms with E-state index < -0.39 is 5.97 Å². The van der Waals surface area contributed by atoms with Gasteiger partial charge in [0.2, 0.25) is 5.91 Å². The van der Waals surface area contributed by atoms with Gasteiger partial charge in [-0.05, 0) is 37.6 Å². The first-order valence-electron chi connectivity index (χ1n) is 6.90. The highest BCUT2D eigenvalue weighted by Crippen LogP contribution is 2.20. The molecule has 0 bridgehead atoms. The number of rotatable bonds is 6. The molecule has 1 heterocycles. The first-order chi connectivity index (χ1) is 11.0. The van der Waals surface area contributed by atoms with Crippen molar-refractivity contribution >= 4 is 40.9 Å². The number of thioether (sulfide) groups is 1. The van der Waals surface area contributed by atoms with Crippen molar-refractivity contribution in [3.8, 4) is 0 Å². The number of hydrogen-bond donors (Lipinski definition) is 2. The molecule has 2 aromatic rings. The van der Waals surface area contributed by atoms with Crippen LogP contribution in [-0.4, -0.2) is 34.2 Å². The number of aryl methyl sites for hydroxylation is 1. The molecular weight excluding hydrogens is 338 g/mol. The highest BCUT2D eigenvalue weighted by molar-refractivity contribution is 7.99. The van der Waals surface area contributed by atoms with Gasteiger partial charge >= 0.3 is 5.97 Å². The van der Waals surface area contributed by atoms with Crippen molar-refractivity contribution in [1.29, 1.82) is 0 Å². The van der Waals surface area contributed by atoms with E-state index in [2.05, 4.69) is 15.3 Å². The minimum absolute atomic E-state index is 0.165. The number of carbonyl (C=O) groups is 2. The van der Waals surface area contributed by atoms with Gasteiger partial charge in [-0.2, -0.15) is 0 Å². The molecular formula is C15H16ClN3O3S. The standard InChI is InChI=1S/C15H16ClN3O3S/c1-3-22-14(21)12-7-17-15(19-12)23-8-13(20)18-11-5-4-10(16)6-9(11)2/h4-7H,3,8H2,1-2H3,(H,17,19)(H,18,20). The van der Waals surface area contributed by atoms with Gasteiger partial charge in [-0.15, -0.1) is 0 Å². The number of nitrogens with one attached hydrogen (secondary N) is 2. The van der Waals surface area contributed by atoms with Crippen LogP contribution in [0, 0.1) is 6.92 Å². The van der Waals surface area contributed by atoms with Crippen LogP contribution in [0.4, 0.5) is 5.69 Å². The number of halogens is 1. The van der Waals surface area contributed by atoms with Crippen LogP contribution in [0.5, 0.6) is 0 Å². The van der Waals surface area contributed by atoms with Crippen LogP contribution in [-0.2, 0) is 9.53 Å². The Morgan fingerprint density at radius 3 is 2.91 bits per heavy atom. The normalized spacial score (nSPS) is 10.4. The number of aromatic amines is 1. The lowest BCUT2D eigenvalue weighted by Crippen LogP contribution is -2.14. The number of anilines is 1. The summed E-state index contributed by atoms with van der Waals surface area (Å²) in [6, 6.07) is 5.25. The highest BCUT2D eigenvalue weighted by atomic mass is 35.5. The molecule has 0 aliphatic carbocycles. The Hall–Kier alpha value is -1.99. The number of imidazole rings is 1. The van der Waals surface area contributed by atoms with Crippen LogP contribution in [0.15, 0.2) is 29.6 Å². The predicted molar refractivity (Wildman–Crippen MR) is 90.1 cm³/mol. The Kier molecular flexibility index (Phi) is 6.06. The minimum atomic E-state index is -0.465. The second-order valence-electron chi connectivity index (χ2n) is 4.62. The molecule has 23 heavy (non-hydrogen) atoms. The van der Waals surface area contributed by atoms with E-state index in [-0.39, 0.29) is 17.4 Å². The number of benzene rings is 1. The summed E-state index contributed by atoms with van der Waals surface area (Å²) in [6.07, 6.45) is 1.39. The van der Waals surface area contributed by atoms with Crippen LogP contribution in [0.2, 0.25) is 5.02 Å². The Morgan fingerprint density at radius 1 is 1.43 bits per heavy atom. The number of hydrogen-bond acceptors (Lipinski definition) is 5. The molecule has 0 atom stereocenters. The third-order valence-electron chi connectivity index (χ3n) is 2.85. The van der Waals surface area contributed by atoms with Crippen LogP contribution >= 0.6 is 23.4 Å². The zero-order valence-electron chi connectivity index (χ0n) is 12.7. The number of nitrogens with zero attached hydrogens (tertiary/aromatic N) is 1. The van der Waals surface area contributed by atoms with E-state index in [1.165, 1.54) is 18.0 Å². The molecule has 2 N–H and O–H groups in total. The van der Waals surface area contributed by atoms with Crippen molar-refractivity contribution in [3.63, 3.8) is 0 Å². The molecule has 0 unspecified atom stereocenters. The molecule has 0 saturated carbocycles. The van der Waals surface area contributed by atoms with Gasteiger partial charge in [0.1, 0.15) is 5.69 Å². The Morgan fingerprint density at radius 2 is 2.22 bits per heavy atom. The summed E-state index contributed by atoms with van der Waals surface area (Å²) >= 11 is 7.08. The Labute approximate surface area is 143 Å². The lowest BCUT2D eigenvalue weighted by atomic mass is 10.2. The molecule has 2 rings (SSSR count). The maximum absolute atomic E-state index is 12.0. The van der Waals surface area contributed by atoms with Gasteiger partial charge in [0.15, 0.2) is 5.16 Å². The SMILES string of the molecule is CCOC(=O)c1cnc(SCC(=O)Nc2ccc(Cl)cc2C)[nH]1. The van der Waals surface area contributed by atoms with E-state index in [1.807, 2.05) is 6.92 Å². The summed E-state index contributed by atoms with van der Waals surface area (Å²) in [4.78, 5) is 30.3. The van der Waals surface area contributed by atoms with Crippen molar-refractivity contribution in [3.05, 3.63) is 40.7 Å². The zero-order valence-corrected chi connectivity index (χ0v) is 14.3. The van der Waals surface area contributed by atoms with Crippen molar-refractivity contribution in [2.45, 2.75) is 19.0 Å². The number of H-pyrrole nitrogens is 1. The number of esters is 1. The maximum atomic E-state index is 12.0. The number of amides is 1. The van der Waals surface area contributed by atoms with Crippen LogP contribution in [0.25, 0.3) is 0 Å². The largest absolute Gasteiger partial charge is 0.461 e. The molecule has 122 valence electrons. The maximum Gasteiger partial charge on any atom is 0.356 e. The fourth-order valence-corrected chi connectivity index (χ4v) is 2.65. The molecule has 0 aliphatic rings. The molecule has 0 fully saturated rings. The minimum Gasteiger partial charge on any atom is -0.461 e. The van der Waals surface area contributed by atoms with Gasteiger partial charge in [-0.25, -0.2) is 9.78 Å². The third-order valence-corrected chi connectivity index (χ3v) is 3.97. The summed E-state index contributed by atoms with van der Waals surface area (Å²) in [6.45, 7) is 3.89. The highest BCUT2D eigenvalue weighted by Gasteiger charge is 2.12. The lowest BCUT2D eigenvalue weighted by Gasteiger charge is -2.08. The van der Waals surface area contributed by atoms with E-state index in [1.54, 1.807) is 25.1 Å². The predicted octanol–water partition coefficient (Wildman–Crippen LogP) is 3.28. The van der Waals surface area contributed by atoms with Gasteiger partial charge in [-0.3, -0.25) is 4.79 Å². The fraction of sp³-hybridized carbons (Fsp3) is 0.267. The first kappa shape index (κ1) is 17.4. The molecule has 0 aliphatic heterocycles. The van der Waals surface area contributed by atoms with Crippen LogP contribution in [0.3, 0.4) is 0 Å². The van der Waals surface area contributed by atoms with E-state index in [4.69, 9.17) is 16.3 Å². The third kappa shape index (κ3) is 5.01. The quantitative estimate of drug-likeness (QED) is 0.615. The van der Waals surface area contributed by atoms with Gasteiger partial charge < -0.3 is 15.0 Å². The Balaban J connectivity index is 1.88. The van der Waals surface area contributed by atoms with E-state index in [9.17, 15) is 9.59 Å². The van der Waals surface area contributed by atoms with Crippen LogP contribution < -0.4 is 5.32 Å². The molecule has 1 aromatic heterocycles. The van der Waals surface area contributed by atoms with Crippen molar-refractivity contribution < 1.29 is 14.3 Å². The number of aromatic nitrogens is 2. The van der Waals surface area contributed by atoms with Gasteiger partial charge in [0, 0.05) is 10.7 Å². The van der Waals surface area contributed by atoms with Gasteiger partial charge in [-0.1, -0.05) is 23.4 Å². The average Bonchev–Trinajstić information content (AvgIpc) is 2.97. The average molecular weight is 354 g/mol. The molecule has 0 spiro atoms. The second kappa shape index (κ2) is 8.03. The summed E-state index contributed by atoms with van der Waals surface area (Å²) in [5.41, 5.74) is 1.87. The molecule has 1 amide bonds. The summed E-state index contributed by atoms with van der Waals surface area (Å²) in [7, 11) is 0. The summed E-state index contributed by atoms with van der Waals surface area (Å²) in [5, 5.41) is 3.91. The topological polar surface area (TPSA) is 84.1 Å². The first-order valence-corrected chi connectivity index (χ1v) is 8.27. The molecule has 8 heteroatoms. The van der Waals surface area contributed by atoms with Gasteiger partial charge in [0.25, 0.3) is 0 Å². The van der Waals surface area contributed by atoms with Crippen molar-refractivity contribution in [2.24, 2.45) is 0 Å². The Bertz CT molecular complexity index is 718. The van der Waals surface area contributed by atoms with E-state index in [0.29, 0.717) is 22.5 Å². The monoisotopic (exact) mass is 353 g/mol. The van der Waals surface area contributed by atoms with Gasteiger partial charge in [0.05, 0.1) is 18.6 Å². The van der Waals surface area contributed by atoms with E-state index >= 15 is 0 Å². The molecule has 6 nitrogen and oxygen atoms in total. The second-order valence-corrected chi connectivity index (χ2v) is 6.02. The number of ether oxygens (including phenoxy) is 1. The zero-order chi connectivity index (χ0) is 16.8. The summed E-state index contributed by atoms with van der Waals surface area (Å²) < 4.78 is 4.86. The smallest absolute Gasteiger partial charge is 0.356 e. The number of carbonyl (C=O) groups excluding carboxylic acids is 2. The van der Waals surface area contributed by atoms with E-state index in [0.717, 1.165) is 5.56 Å². The van der Waals surface area contributed by atoms with Crippen LogP contribution in [0.1, 0.15) is 23.0 Å². The molecule has 0 radical (unpaired) electrons. The van der Waals surface area contributed by atoms with Crippen molar-refractivity contribution in [2.75, 3.05) is 17.7 Å². The summed E-state index contributed by atoms with van der Waals surface area (Å²) in [5.74, 6) is -0.472. The molecule has 1 aromatic carbocycles. The van der Waals surface area contributed by atoms with Crippen molar-refractivity contribution in [1.82, 2.24) is 9.97 Å². The lowest BCUT2D eigenvalue weighted by molar-refractivity contribution is -0.113.